The van der Waals surface area contributed by atoms with Crippen molar-refractivity contribution in [2.45, 2.75) is 46.1 Å². The van der Waals surface area contributed by atoms with Crippen molar-refractivity contribution in [1.82, 2.24) is 9.97 Å². The molecule has 0 aromatic carbocycles. The summed E-state index contributed by atoms with van der Waals surface area (Å²) in [6.45, 7) is 6.57. The SMILES string of the molecule is CCc1cc2c(N(C)C(CC)CC)nc(Cl)nc2s1. The van der Waals surface area contributed by atoms with Gasteiger partial charge in [0.05, 0.1) is 5.39 Å². The van der Waals surface area contributed by atoms with E-state index in [0.717, 1.165) is 35.3 Å². The number of fused-ring (bicyclic) bond motifs is 1. The van der Waals surface area contributed by atoms with Crippen molar-refractivity contribution in [3.8, 4) is 0 Å². The highest BCUT2D eigenvalue weighted by atomic mass is 35.5. The molecule has 0 saturated carbocycles. The van der Waals surface area contributed by atoms with Crippen LogP contribution >= 0.6 is 22.9 Å². The van der Waals surface area contributed by atoms with Crippen LogP contribution in [-0.2, 0) is 6.42 Å². The van der Waals surface area contributed by atoms with E-state index >= 15 is 0 Å². The van der Waals surface area contributed by atoms with Gasteiger partial charge in [-0.05, 0) is 36.9 Å². The monoisotopic (exact) mass is 297 g/mol. The first-order chi connectivity index (χ1) is 9.10. The number of rotatable bonds is 5. The van der Waals surface area contributed by atoms with Crippen LogP contribution in [-0.4, -0.2) is 23.1 Å². The Bertz CT molecular complexity index is 563. The number of hydrogen-bond acceptors (Lipinski definition) is 4. The second-order valence-electron chi connectivity index (χ2n) is 4.68. The van der Waals surface area contributed by atoms with Gasteiger partial charge in [-0.15, -0.1) is 11.3 Å². The average molecular weight is 298 g/mol. The Labute approximate surface area is 123 Å². The van der Waals surface area contributed by atoms with Crippen LogP contribution in [0.25, 0.3) is 10.2 Å². The summed E-state index contributed by atoms with van der Waals surface area (Å²) in [5.41, 5.74) is 0. The zero-order chi connectivity index (χ0) is 14.0. The molecule has 0 spiro atoms. The predicted molar refractivity (Wildman–Crippen MR) is 84.6 cm³/mol. The number of hydrogen-bond donors (Lipinski definition) is 0. The minimum absolute atomic E-state index is 0.338. The topological polar surface area (TPSA) is 29.0 Å². The summed E-state index contributed by atoms with van der Waals surface area (Å²) >= 11 is 7.78. The van der Waals surface area contributed by atoms with Crippen LogP contribution in [0.5, 0.6) is 0 Å². The Morgan fingerprint density at radius 3 is 2.53 bits per heavy atom. The van der Waals surface area contributed by atoms with Gasteiger partial charge in [0.15, 0.2) is 0 Å². The van der Waals surface area contributed by atoms with Gasteiger partial charge in [-0.2, -0.15) is 4.98 Å². The predicted octanol–water partition coefficient (Wildman–Crippen LogP) is 4.53. The van der Waals surface area contributed by atoms with Crippen molar-refractivity contribution in [3.63, 3.8) is 0 Å². The molecule has 2 aromatic heterocycles. The molecule has 0 N–H and O–H groups in total. The molecule has 0 aliphatic carbocycles. The lowest BCUT2D eigenvalue weighted by atomic mass is 10.1. The maximum absolute atomic E-state index is 6.07. The molecule has 0 saturated heterocycles. The van der Waals surface area contributed by atoms with Crippen LogP contribution in [0.4, 0.5) is 5.82 Å². The third-order valence-corrected chi connectivity index (χ3v) is 4.91. The molecule has 2 heterocycles. The van der Waals surface area contributed by atoms with Crippen LogP contribution in [0.2, 0.25) is 5.28 Å². The fraction of sp³-hybridized carbons (Fsp3) is 0.571. The molecule has 19 heavy (non-hydrogen) atoms. The standard InChI is InChI=1S/C14H20ClN3S/c1-5-9(6-2)18(4)12-11-8-10(7-3)19-13(11)17-14(15)16-12/h8-9H,5-7H2,1-4H3. The van der Waals surface area contributed by atoms with Crippen molar-refractivity contribution in [2.24, 2.45) is 0 Å². The second kappa shape index (κ2) is 6.06. The molecule has 0 atom stereocenters. The van der Waals surface area contributed by atoms with Gasteiger partial charge < -0.3 is 4.90 Å². The smallest absolute Gasteiger partial charge is 0.225 e. The molecule has 0 amide bonds. The normalized spacial score (nSPS) is 11.5. The van der Waals surface area contributed by atoms with Crippen LogP contribution in [0.3, 0.4) is 0 Å². The van der Waals surface area contributed by atoms with Crippen LogP contribution in [0, 0.1) is 0 Å². The van der Waals surface area contributed by atoms with Gasteiger partial charge in [0.2, 0.25) is 5.28 Å². The van der Waals surface area contributed by atoms with Gasteiger partial charge >= 0.3 is 0 Å². The molecule has 0 aliphatic heterocycles. The second-order valence-corrected chi connectivity index (χ2v) is 6.14. The number of aryl methyl sites for hydroxylation is 1. The fourth-order valence-electron chi connectivity index (χ4n) is 2.38. The van der Waals surface area contributed by atoms with Gasteiger partial charge in [-0.25, -0.2) is 4.98 Å². The lowest BCUT2D eigenvalue weighted by Gasteiger charge is -2.27. The van der Waals surface area contributed by atoms with Crippen molar-refractivity contribution in [3.05, 3.63) is 16.2 Å². The molecule has 2 aromatic rings. The van der Waals surface area contributed by atoms with E-state index in [4.69, 9.17) is 11.6 Å². The third kappa shape index (κ3) is 2.84. The summed E-state index contributed by atoms with van der Waals surface area (Å²) in [5, 5.41) is 1.46. The van der Waals surface area contributed by atoms with Gasteiger partial charge in [-0.1, -0.05) is 20.8 Å². The first-order valence-electron chi connectivity index (χ1n) is 6.79. The van der Waals surface area contributed by atoms with Crippen molar-refractivity contribution in [2.75, 3.05) is 11.9 Å². The Hall–Kier alpha value is -0.870. The van der Waals surface area contributed by atoms with E-state index in [1.807, 2.05) is 0 Å². The summed E-state index contributed by atoms with van der Waals surface area (Å²) in [5.74, 6) is 0.958. The summed E-state index contributed by atoms with van der Waals surface area (Å²) in [6, 6.07) is 2.68. The van der Waals surface area contributed by atoms with Gasteiger partial charge in [0.1, 0.15) is 10.6 Å². The Morgan fingerprint density at radius 1 is 1.26 bits per heavy atom. The minimum atomic E-state index is 0.338. The van der Waals surface area contributed by atoms with E-state index in [9.17, 15) is 0 Å². The highest BCUT2D eigenvalue weighted by Gasteiger charge is 2.18. The van der Waals surface area contributed by atoms with E-state index in [1.54, 1.807) is 11.3 Å². The molecular weight excluding hydrogens is 278 g/mol. The summed E-state index contributed by atoms with van der Waals surface area (Å²) < 4.78 is 0. The minimum Gasteiger partial charge on any atom is -0.356 e. The molecule has 3 nitrogen and oxygen atoms in total. The maximum atomic E-state index is 6.07. The van der Waals surface area contributed by atoms with Gasteiger partial charge in [-0.3, -0.25) is 0 Å². The molecule has 104 valence electrons. The molecule has 2 rings (SSSR count). The van der Waals surface area contributed by atoms with Crippen molar-refractivity contribution >= 4 is 39.0 Å². The number of nitrogens with zero attached hydrogens (tertiary/aromatic N) is 3. The Morgan fingerprint density at radius 2 is 1.95 bits per heavy atom. The van der Waals surface area contributed by atoms with Crippen molar-refractivity contribution < 1.29 is 0 Å². The van der Waals surface area contributed by atoms with E-state index in [0.29, 0.717) is 11.3 Å². The summed E-state index contributed by atoms with van der Waals surface area (Å²) in [6.07, 6.45) is 3.22. The first kappa shape index (κ1) is 14.5. The van der Waals surface area contributed by atoms with E-state index in [1.165, 1.54) is 4.88 Å². The van der Waals surface area contributed by atoms with Gasteiger partial charge in [0, 0.05) is 18.0 Å². The number of anilines is 1. The molecular formula is C14H20ClN3S. The number of thiophene rings is 1. The maximum Gasteiger partial charge on any atom is 0.225 e. The highest BCUT2D eigenvalue weighted by molar-refractivity contribution is 7.18. The molecule has 0 unspecified atom stereocenters. The highest BCUT2D eigenvalue weighted by Crippen LogP contribution is 2.33. The third-order valence-electron chi connectivity index (χ3n) is 3.57. The fourth-order valence-corrected chi connectivity index (χ4v) is 3.56. The number of aromatic nitrogens is 2. The quantitative estimate of drug-likeness (QED) is 0.759. The van der Waals surface area contributed by atoms with Crippen LogP contribution < -0.4 is 4.90 Å². The molecule has 0 bridgehead atoms. The van der Waals surface area contributed by atoms with E-state index < -0.39 is 0 Å². The largest absolute Gasteiger partial charge is 0.356 e. The van der Waals surface area contributed by atoms with Gasteiger partial charge in [0.25, 0.3) is 0 Å². The molecule has 0 fully saturated rings. The Kier molecular flexibility index (Phi) is 4.63. The molecule has 0 aliphatic rings. The van der Waals surface area contributed by atoms with Crippen molar-refractivity contribution in [1.29, 1.82) is 0 Å². The zero-order valence-corrected chi connectivity index (χ0v) is 13.5. The van der Waals surface area contributed by atoms with E-state index in [2.05, 4.69) is 48.8 Å². The van der Waals surface area contributed by atoms with E-state index in [-0.39, 0.29) is 0 Å². The lowest BCUT2D eigenvalue weighted by Crippen LogP contribution is -2.31. The van der Waals surface area contributed by atoms with Crippen LogP contribution in [0.15, 0.2) is 6.07 Å². The molecule has 5 heteroatoms. The zero-order valence-electron chi connectivity index (χ0n) is 11.9. The Balaban J connectivity index is 2.54. The molecule has 0 radical (unpaired) electrons. The summed E-state index contributed by atoms with van der Waals surface area (Å²) in [7, 11) is 2.10. The van der Waals surface area contributed by atoms with Crippen LogP contribution in [0.1, 0.15) is 38.5 Å². The number of halogens is 1. The first-order valence-corrected chi connectivity index (χ1v) is 7.98. The summed E-state index contributed by atoms with van der Waals surface area (Å²) in [4.78, 5) is 13.4. The lowest BCUT2D eigenvalue weighted by molar-refractivity contribution is 0.588. The average Bonchev–Trinajstić information content (AvgIpc) is 2.81.